The Labute approximate surface area is 168 Å². The van der Waals surface area contributed by atoms with Crippen LogP contribution in [0, 0.1) is 0 Å². The number of aromatic hydroxyl groups is 1. The number of phenols is 1. The maximum Gasteiger partial charge on any atom is 0.244 e. The lowest BCUT2D eigenvalue weighted by molar-refractivity contribution is -0.116. The van der Waals surface area contributed by atoms with Gasteiger partial charge < -0.3 is 10.4 Å². The molecule has 2 aliphatic heterocycles. The molecule has 0 saturated heterocycles. The van der Waals surface area contributed by atoms with Crippen LogP contribution < -0.4 is 5.32 Å². The third kappa shape index (κ3) is 2.72. The highest BCUT2D eigenvalue weighted by molar-refractivity contribution is 7.89. The van der Waals surface area contributed by atoms with E-state index >= 15 is 0 Å². The Hall–Kier alpha value is -2.09. The van der Waals surface area contributed by atoms with Crippen LogP contribution in [-0.4, -0.2) is 30.3 Å². The summed E-state index contributed by atoms with van der Waals surface area (Å²) in [6, 6.07) is 8.27. The molecule has 0 bridgehead atoms. The van der Waals surface area contributed by atoms with E-state index in [0.717, 1.165) is 29.5 Å². The van der Waals surface area contributed by atoms with Crippen molar-refractivity contribution in [3.05, 3.63) is 52.0 Å². The number of rotatable bonds is 2. The van der Waals surface area contributed by atoms with Crippen molar-refractivity contribution in [1.82, 2.24) is 4.31 Å². The number of sulfonamides is 1. The Morgan fingerprint density at radius 2 is 1.89 bits per heavy atom. The Morgan fingerprint density at radius 3 is 2.64 bits per heavy atom. The van der Waals surface area contributed by atoms with Crippen molar-refractivity contribution in [3.8, 4) is 5.75 Å². The van der Waals surface area contributed by atoms with Crippen LogP contribution in [0.2, 0.25) is 5.02 Å². The fourth-order valence-electron chi connectivity index (χ4n) is 4.33. The average molecular weight is 419 g/mol. The lowest BCUT2D eigenvalue weighted by Crippen LogP contribution is -2.41. The first-order valence-corrected chi connectivity index (χ1v) is 11.1. The third-order valence-electron chi connectivity index (χ3n) is 6.02. The fourth-order valence-corrected chi connectivity index (χ4v) is 6.38. The number of hydrogen-bond acceptors (Lipinski definition) is 4. The summed E-state index contributed by atoms with van der Waals surface area (Å²) < 4.78 is 28.4. The zero-order valence-corrected chi connectivity index (χ0v) is 16.6. The summed E-state index contributed by atoms with van der Waals surface area (Å²) in [5, 5.41) is 12.8. The van der Waals surface area contributed by atoms with E-state index in [-0.39, 0.29) is 33.5 Å². The van der Waals surface area contributed by atoms with E-state index in [1.54, 1.807) is 24.3 Å². The van der Waals surface area contributed by atoms with E-state index in [9.17, 15) is 18.3 Å². The van der Waals surface area contributed by atoms with Crippen molar-refractivity contribution < 1.29 is 18.3 Å². The second-order valence-electron chi connectivity index (χ2n) is 7.88. The van der Waals surface area contributed by atoms with E-state index in [0.29, 0.717) is 25.1 Å². The molecule has 3 aliphatic rings. The molecule has 2 aromatic carbocycles. The van der Waals surface area contributed by atoms with Crippen LogP contribution in [0.15, 0.2) is 35.2 Å². The van der Waals surface area contributed by atoms with Gasteiger partial charge in [-0.25, -0.2) is 8.42 Å². The van der Waals surface area contributed by atoms with Gasteiger partial charge in [-0.1, -0.05) is 17.7 Å². The molecule has 6 nitrogen and oxygen atoms in total. The summed E-state index contributed by atoms with van der Waals surface area (Å²) >= 11 is 6.36. The molecular weight excluding hydrogens is 400 g/mol. The molecule has 28 heavy (non-hydrogen) atoms. The molecule has 0 radical (unpaired) electrons. The predicted molar refractivity (Wildman–Crippen MR) is 105 cm³/mol. The van der Waals surface area contributed by atoms with E-state index in [4.69, 9.17) is 11.6 Å². The molecular formula is C20H19ClN2O4S. The molecule has 0 aromatic heterocycles. The molecule has 146 valence electrons. The van der Waals surface area contributed by atoms with E-state index < -0.39 is 10.0 Å². The predicted octanol–water partition coefficient (Wildman–Crippen LogP) is 3.17. The Morgan fingerprint density at radius 1 is 1.11 bits per heavy atom. The molecule has 2 heterocycles. The fraction of sp³-hybridized carbons (Fsp3) is 0.350. The molecule has 8 heteroatoms. The molecule has 1 saturated carbocycles. The Balaban J connectivity index is 1.56. The van der Waals surface area contributed by atoms with Crippen molar-refractivity contribution in [2.75, 3.05) is 11.9 Å². The van der Waals surface area contributed by atoms with Gasteiger partial charge in [0.1, 0.15) is 10.6 Å². The molecule has 2 aromatic rings. The number of anilines is 1. The number of benzene rings is 2. The summed E-state index contributed by atoms with van der Waals surface area (Å²) in [5.41, 5.74) is 3.09. The van der Waals surface area contributed by atoms with Crippen LogP contribution in [-0.2, 0) is 33.2 Å². The SMILES string of the molecule is O=C1CCc2cc(Cl)c(S(=O)(=O)N3Cc4ccc(O)cc4C4(CC4)C3)cc2N1. The molecule has 1 aliphatic carbocycles. The van der Waals surface area contributed by atoms with Gasteiger partial charge in [-0.3, -0.25) is 4.79 Å². The lowest BCUT2D eigenvalue weighted by Gasteiger charge is -2.34. The van der Waals surface area contributed by atoms with Gasteiger partial charge in [0.05, 0.1) is 5.02 Å². The van der Waals surface area contributed by atoms with Gasteiger partial charge in [0.25, 0.3) is 0 Å². The zero-order valence-electron chi connectivity index (χ0n) is 15.0. The molecule has 0 atom stereocenters. The smallest absolute Gasteiger partial charge is 0.244 e. The zero-order chi connectivity index (χ0) is 19.7. The Bertz CT molecular complexity index is 1130. The highest BCUT2D eigenvalue weighted by Crippen LogP contribution is 2.54. The molecule has 1 fully saturated rings. The highest BCUT2D eigenvalue weighted by atomic mass is 35.5. The number of phenolic OH excluding ortho intramolecular Hbond substituents is 1. The molecule has 5 rings (SSSR count). The van der Waals surface area contributed by atoms with Gasteiger partial charge in [0.2, 0.25) is 15.9 Å². The van der Waals surface area contributed by atoms with Gasteiger partial charge in [-0.05, 0) is 60.2 Å². The first-order valence-electron chi connectivity index (χ1n) is 9.23. The van der Waals surface area contributed by atoms with Gasteiger partial charge in [-0.15, -0.1) is 0 Å². The van der Waals surface area contributed by atoms with Crippen molar-refractivity contribution in [3.63, 3.8) is 0 Å². The second-order valence-corrected chi connectivity index (χ2v) is 10.2. The molecule has 1 spiro atoms. The number of hydrogen-bond donors (Lipinski definition) is 2. The topological polar surface area (TPSA) is 86.7 Å². The molecule has 2 N–H and O–H groups in total. The lowest BCUT2D eigenvalue weighted by atomic mass is 9.88. The number of nitrogens with one attached hydrogen (secondary N) is 1. The molecule has 1 amide bonds. The highest BCUT2D eigenvalue weighted by Gasteiger charge is 2.51. The first-order chi connectivity index (χ1) is 13.3. The average Bonchev–Trinajstić information content (AvgIpc) is 3.42. The minimum absolute atomic E-state index is 0.0214. The van der Waals surface area contributed by atoms with Crippen LogP contribution in [0.3, 0.4) is 0 Å². The summed E-state index contributed by atoms with van der Waals surface area (Å²) in [6.45, 7) is 0.602. The van der Waals surface area contributed by atoms with E-state index in [2.05, 4.69) is 5.32 Å². The normalized spacial score (nSPS) is 20.4. The van der Waals surface area contributed by atoms with Crippen molar-refractivity contribution in [2.24, 2.45) is 0 Å². The molecule has 0 unspecified atom stereocenters. The van der Waals surface area contributed by atoms with Crippen molar-refractivity contribution in [1.29, 1.82) is 0 Å². The number of aryl methyl sites for hydroxylation is 1. The summed E-state index contributed by atoms with van der Waals surface area (Å²) in [7, 11) is -3.84. The van der Waals surface area contributed by atoms with Crippen LogP contribution in [0.1, 0.15) is 36.0 Å². The largest absolute Gasteiger partial charge is 0.508 e. The number of amides is 1. The second kappa shape index (κ2) is 5.95. The summed E-state index contributed by atoms with van der Waals surface area (Å²) in [5.74, 6) is 0.0802. The quantitative estimate of drug-likeness (QED) is 0.784. The third-order valence-corrected chi connectivity index (χ3v) is 8.27. The van der Waals surface area contributed by atoms with Gasteiger partial charge in [-0.2, -0.15) is 4.31 Å². The minimum atomic E-state index is -3.84. The van der Waals surface area contributed by atoms with Crippen LogP contribution in [0.5, 0.6) is 5.75 Å². The standard InChI is InChI=1S/C20H19ClN2O4S/c21-16-7-12-2-4-19(25)22-17(12)9-18(16)28(26,27)23-10-13-1-3-14(24)8-15(13)20(11-23)5-6-20/h1,3,7-9,24H,2,4-6,10-11H2,(H,22,25). The Kier molecular flexibility index (Phi) is 3.82. The van der Waals surface area contributed by atoms with Crippen LogP contribution >= 0.6 is 11.6 Å². The first kappa shape index (κ1) is 18.0. The van der Waals surface area contributed by atoms with Crippen LogP contribution in [0.25, 0.3) is 0 Å². The number of carbonyl (C=O) groups excluding carboxylic acids is 1. The van der Waals surface area contributed by atoms with E-state index in [1.807, 2.05) is 0 Å². The van der Waals surface area contributed by atoms with Crippen molar-refractivity contribution in [2.45, 2.75) is 42.5 Å². The van der Waals surface area contributed by atoms with Crippen LogP contribution in [0.4, 0.5) is 5.69 Å². The summed E-state index contributed by atoms with van der Waals surface area (Å²) in [4.78, 5) is 11.7. The summed E-state index contributed by atoms with van der Waals surface area (Å²) in [6.07, 6.45) is 2.70. The monoisotopic (exact) mass is 418 g/mol. The number of nitrogens with zero attached hydrogens (tertiary/aromatic N) is 1. The van der Waals surface area contributed by atoms with Gasteiger partial charge in [0, 0.05) is 30.6 Å². The van der Waals surface area contributed by atoms with Gasteiger partial charge >= 0.3 is 0 Å². The number of halogens is 1. The maximum atomic E-state index is 13.4. The number of fused-ring (bicyclic) bond motifs is 3. The maximum absolute atomic E-state index is 13.4. The van der Waals surface area contributed by atoms with Crippen molar-refractivity contribution >= 4 is 33.2 Å². The number of carbonyl (C=O) groups is 1. The van der Waals surface area contributed by atoms with Gasteiger partial charge in [0.15, 0.2) is 0 Å². The minimum Gasteiger partial charge on any atom is -0.508 e. The van der Waals surface area contributed by atoms with E-state index in [1.165, 1.54) is 10.4 Å².